The molecule has 1 saturated heterocycles. The summed E-state index contributed by atoms with van der Waals surface area (Å²) in [5.74, 6) is -0.151. The lowest BCUT2D eigenvalue weighted by Gasteiger charge is -2.24. The van der Waals surface area contributed by atoms with Crippen LogP contribution in [0.2, 0.25) is 0 Å². The van der Waals surface area contributed by atoms with Crippen molar-refractivity contribution in [2.45, 2.75) is 39.3 Å². The first-order valence-electron chi connectivity index (χ1n) is 4.51. The second kappa shape index (κ2) is 3.44. The van der Waals surface area contributed by atoms with Crippen LogP contribution in [-0.4, -0.2) is 34.6 Å². The molecule has 12 heavy (non-hydrogen) atoms. The monoisotopic (exact) mass is 171 g/mol. The second-order valence-electron chi connectivity index (χ2n) is 3.99. The van der Waals surface area contributed by atoms with Crippen molar-refractivity contribution < 1.29 is 9.90 Å². The Hall–Kier alpha value is -0.570. The molecule has 1 N–H and O–H groups in total. The third-order valence-corrected chi connectivity index (χ3v) is 2.50. The Morgan fingerprint density at radius 1 is 1.58 bits per heavy atom. The molecule has 0 aliphatic carbocycles. The van der Waals surface area contributed by atoms with E-state index in [2.05, 4.69) is 11.8 Å². The van der Waals surface area contributed by atoms with Crippen molar-refractivity contribution in [3.63, 3.8) is 0 Å². The van der Waals surface area contributed by atoms with Gasteiger partial charge in [-0.05, 0) is 26.2 Å². The standard InChI is InChI=1S/C9H17NO2/c1-6(2)10-5-7(3)4-8(10)9(11)12/h6-8H,4-5H2,1-3H3,(H,11,12)/t7-,8?/m1/s1. The van der Waals surface area contributed by atoms with Gasteiger partial charge in [0.1, 0.15) is 6.04 Å². The van der Waals surface area contributed by atoms with Crippen LogP contribution < -0.4 is 0 Å². The summed E-state index contributed by atoms with van der Waals surface area (Å²) in [4.78, 5) is 12.9. The highest BCUT2D eigenvalue weighted by atomic mass is 16.4. The fraction of sp³-hybridized carbons (Fsp3) is 0.889. The lowest BCUT2D eigenvalue weighted by Crippen LogP contribution is -2.40. The molecule has 1 heterocycles. The van der Waals surface area contributed by atoms with Gasteiger partial charge in [0.15, 0.2) is 0 Å². The molecule has 1 rings (SSSR count). The van der Waals surface area contributed by atoms with Crippen LogP contribution >= 0.6 is 0 Å². The molecule has 0 amide bonds. The van der Waals surface area contributed by atoms with Crippen molar-refractivity contribution in [2.24, 2.45) is 5.92 Å². The molecule has 0 saturated carbocycles. The van der Waals surface area contributed by atoms with Crippen molar-refractivity contribution in [2.75, 3.05) is 6.54 Å². The number of aliphatic carboxylic acids is 1. The molecule has 1 unspecified atom stereocenters. The zero-order valence-corrected chi connectivity index (χ0v) is 7.95. The largest absolute Gasteiger partial charge is 0.480 e. The minimum atomic E-state index is -0.673. The van der Waals surface area contributed by atoms with Gasteiger partial charge in [-0.2, -0.15) is 0 Å². The zero-order valence-electron chi connectivity index (χ0n) is 7.95. The highest BCUT2D eigenvalue weighted by molar-refractivity contribution is 5.73. The van der Waals surface area contributed by atoms with Gasteiger partial charge < -0.3 is 5.11 Å². The minimum absolute atomic E-state index is 0.250. The molecule has 1 aliphatic heterocycles. The van der Waals surface area contributed by atoms with Crippen LogP contribution in [0.5, 0.6) is 0 Å². The van der Waals surface area contributed by atoms with Gasteiger partial charge in [-0.25, -0.2) is 0 Å². The summed E-state index contributed by atoms with van der Waals surface area (Å²) in [5, 5.41) is 8.91. The van der Waals surface area contributed by atoms with Crippen LogP contribution in [0.15, 0.2) is 0 Å². The van der Waals surface area contributed by atoms with Gasteiger partial charge in [0, 0.05) is 12.6 Å². The molecular formula is C9H17NO2. The first-order valence-corrected chi connectivity index (χ1v) is 4.51. The first kappa shape index (κ1) is 9.52. The average Bonchev–Trinajstić information content (AvgIpc) is 2.31. The van der Waals surface area contributed by atoms with Crippen LogP contribution in [0.1, 0.15) is 27.2 Å². The van der Waals surface area contributed by atoms with Crippen LogP contribution in [0.25, 0.3) is 0 Å². The molecule has 2 atom stereocenters. The maximum Gasteiger partial charge on any atom is 0.320 e. The SMILES string of the molecule is CC(C)N1C[C@H](C)CC1C(=O)O. The summed E-state index contributed by atoms with van der Waals surface area (Å²) in [6.07, 6.45) is 0.799. The number of hydrogen-bond acceptors (Lipinski definition) is 2. The molecule has 3 heteroatoms. The van der Waals surface area contributed by atoms with Gasteiger partial charge in [-0.1, -0.05) is 6.92 Å². The number of carboxylic acids is 1. The van der Waals surface area contributed by atoms with Gasteiger partial charge in [0.05, 0.1) is 0 Å². The topological polar surface area (TPSA) is 40.5 Å². The Morgan fingerprint density at radius 3 is 2.50 bits per heavy atom. The van der Waals surface area contributed by atoms with Crippen LogP contribution in [0, 0.1) is 5.92 Å². The van der Waals surface area contributed by atoms with Crippen molar-refractivity contribution >= 4 is 5.97 Å². The number of hydrogen-bond donors (Lipinski definition) is 1. The van der Waals surface area contributed by atoms with E-state index in [0.717, 1.165) is 13.0 Å². The van der Waals surface area contributed by atoms with Gasteiger partial charge in [0.2, 0.25) is 0 Å². The van der Waals surface area contributed by atoms with Gasteiger partial charge in [-0.15, -0.1) is 0 Å². The van der Waals surface area contributed by atoms with Crippen molar-refractivity contribution in [1.29, 1.82) is 0 Å². The molecule has 0 bridgehead atoms. The molecule has 0 aromatic heterocycles. The Balaban J connectivity index is 2.65. The van der Waals surface area contributed by atoms with Crippen molar-refractivity contribution in [1.82, 2.24) is 4.90 Å². The van der Waals surface area contributed by atoms with Gasteiger partial charge in [0.25, 0.3) is 0 Å². The van der Waals surface area contributed by atoms with E-state index in [-0.39, 0.29) is 6.04 Å². The molecule has 1 aliphatic rings. The third kappa shape index (κ3) is 1.78. The third-order valence-electron chi connectivity index (χ3n) is 2.50. The van der Waals surface area contributed by atoms with E-state index in [9.17, 15) is 4.79 Å². The fourth-order valence-corrected chi connectivity index (χ4v) is 1.89. The molecular weight excluding hydrogens is 154 g/mol. The molecule has 0 radical (unpaired) electrons. The number of nitrogens with zero attached hydrogens (tertiary/aromatic N) is 1. The van der Waals surface area contributed by atoms with Crippen molar-refractivity contribution in [3.05, 3.63) is 0 Å². The van der Waals surface area contributed by atoms with Gasteiger partial charge >= 0.3 is 5.97 Å². The maximum absolute atomic E-state index is 10.8. The highest BCUT2D eigenvalue weighted by Gasteiger charge is 2.35. The molecule has 3 nitrogen and oxygen atoms in total. The maximum atomic E-state index is 10.8. The van der Waals surface area contributed by atoms with E-state index >= 15 is 0 Å². The van der Waals surface area contributed by atoms with Crippen LogP contribution in [0.3, 0.4) is 0 Å². The fourth-order valence-electron chi connectivity index (χ4n) is 1.89. The summed E-state index contributed by atoms with van der Waals surface area (Å²) in [6, 6.07) is 0.0936. The van der Waals surface area contributed by atoms with Crippen LogP contribution in [-0.2, 0) is 4.79 Å². The lowest BCUT2D eigenvalue weighted by molar-refractivity contribution is -0.142. The van der Waals surface area contributed by atoms with E-state index in [1.807, 2.05) is 13.8 Å². The van der Waals surface area contributed by atoms with E-state index in [4.69, 9.17) is 5.11 Å². The normalized spacial score (nSPS) is 31.3. The summed E-state index contributed by atoms with van der Waals surface area (Å²) < 4.78 is 0. The Kier molecular flexibility index (Phi) is 2.73. The second-order valence-corrected chi connectivity index (χ2v) is 3.99. The van der Waals surface area contributed by atoms with Gasteiger partial charge in [-0.3, -0.25) is 9.69 Å². The van der Waals surface area contributed by atoms with Crippen LogP contribution in [0.4, 0.5) is 0 Å². The van der Waals surface area contributed by atoms with E-state index in [1.165, 1.54) is 0 Å². The van der Waals surface area contributed by atoms with E-state index < -0.39 is 5.97 Å². The van der Waals surface area contributed by atoms with E-state index in [0.29, 0.717) is 12.0 Å². The minimum Gasteiger partial charge on any atom is -0.480 e. The number of carbonyl (C=O) groups is 1. The summed E-state index contributed by atoms with van der Waals surface area (Å²) in [5.41, 5.74) is 0. The highest BCUT2D eigenvalue weighted by Crippen LogP contribution is 2.24. The molecule has 70 valence electrons. The summed E-state index contributed by atoms with van der Waals surface area (Å²) >= 11 is 0. The predicted molar refractivity (Wildman–Crippen MR) is 47.0 cm³/mol. The predicted octanol–water partition coefficient (Wildman–Crippen LogP) is 1.19. The quantitative estimate of drug-likeness (QED) is 0.678. The Labute approximate surface area is 73.4 Å². The smallest absolute Gasteiger partial charge is 0.320 e. The zero-order chi connectivity index (χ0) is 9.30. The van der Waals surface area contributed by atoms with Crippen molar-refractivity contribution in [3.8, 4) is 0 Å². The Morgan fingerprint density at radius 2 is 2.17 bits per heavy atom. The average molecular weight is 171 g/mol. The van der Waals surface area contributed by atoms with E-state index in [1.54, 1.807) is 0 Å². The first-order chi connectivity index (χ1) is 5.52. The molecule has 1 fully saturated rings. The Bertz CT molecular complexity index is 179. The summed E-state index contributed by atoms with van der Waals surface area (Å²) in [6.45, 7) is 7.13. The number of carboxylic acid groups (broad SMARTS) is 1. The molecule has 0 spiro atoms. The number of likely N-dealkylation sites (tertiary alicyclic amines) is 1. The number of rotatable bonds is 2. The lowest BCUT2D eigenvalue weighted by atomic mass is 10.1. The molecule has 0 aromatic carbocycles. The summed E-state index contributed by atoms with van der Waals surface area (Å²) in [7, 11) is 0. The molecule has 0 aromatic rings.